The number of carbonyl (C=O) groups excluding carboxylic acids is 1. The molecule has 0 heterocycles. The van der Waals surface area contributed by atoms with Crippen LogP contribution in [0.3, 0.4) is 0 Å². The van der Waals surface area contributed by atoms with Crippen molar-refractivity contribution in [1.29, 1.82) is 0 Å². The molecule has 19 heavy (non-hydrogen) atoms. The number of carboxylic acid groups (broad SMARTS) is 1. The van der Waals surface area contributed by atoms with E-state index in [9.17, 15) is 14.7 Å². The Labute approximate surface area is 115 Å². The fourth-order valence-electron chi connectivity index (χ4n) is 2.99. The van der Waals surface area contributed by atoms with Gasteiger partial charge in [0, 0.05) is 12.6 Å². The molecule has 2 saturated carbocycles. The number of rotatable bonds is 6. The maximum absolute atomic E-state index is 12.6. The topological polar surface area (TPSA) is 57.6 Å². The molecule has 1 N–H and O–H groups in total. The first-order valence-electron chi connectivity index (χ1n) is 7.30. The summed E-state index contributed by atoms with van der Waals surface area (Å²) in [5, 5.41) is 9.19. The van der Waals surface area contributed by atoms with Gasteiger partial charge in [-0.2, -0.15) is 0 Å². The van der Waals surface area contributed by atoms with Crippen LogP contribution in [-0.4, -0.2) is 34.5 Å². The van der Waals surface area contributed by atoms with Crippen LogP contribution in [0.1, 0.15) is 47.0 Å². The monoisotopic (exact) mass is 267 g/mol. The number of aliphatic carboxylic acids is 1. The highest BCUT2D eigenvalue weighted by Crippen LogP contribution is 2.59. The minimum absolute atomic E-state index is 0.0700. The number of hydrogen-bond donors (Lipinski definition) is 1. The summed E-state index contributed by atoms with van der Waals surface area (Å²) < 4.78 is 0. The Balaban J connectivity index is 2.02. The first-order valence-corrected chi connectivity index (χ1v) is 7.30. The molecule has 0 radical (unpaired) electrons. The third-order valence-electron chi connectivity index (χ3n) is 4.58. The van der Waals surface area contributed by atoms with Gasteiger partial charge in [-0.3, -0.25) is 9.59 Å². The average molecular weight is 267 g/mol. The van der Waals surface area contributed by atoms with E-state index >= 15 is 0 Å². The normalized spacial score (nSPS) is 28.3. The molecule has 4 nitrogen and oxygen atoms in total. The Morgan fingerprint density at radius 3 is 2.21 bits per heavy atom. The molecule has 108 valence electrons. The van der Waals surface area contributed by atoms with Crippen molar-refractivity contribution in [2.75, 3.05) is 6.54 Å². The number of nitrogens with zero attached hydrogens (tertiary/aromatic N) is 1. The highest BCUT2D eigenvalue weighted by Gasteiger charge is 2.67. The Hall–Kier alpha value is -1.06. The summed E-state index contributed by atoms with van der Waals surface area (Å²) in [6.45, 7) is 8.86. The third kappa shape index (κ3) is 2.77. The Morgan fingerprint density at radius 2 is 1.84 bits per heavy atom. The summed E-state index contributed by atoms with van der Waals surface area (Å²) in [5.74, 6) is -1.02. The molecule has 0 spiro atoms. The molecule has 2 fully saturated rings. The van der Waals surface area contributed by atoms with Crippen LogP contribution in [0.5, 0.6) is 0 Å². The van der Waals surface area contributed by atoms with Crippen molar-refractivity contribution in [1.82, 2.24) is 4.90 Å². The second-order valence-corrected chi connectivity index (χ2v) is 7.06. The standard InChI is InChI=1S/C15H25NO3/c1-9(2)7-8-16(10-5-6-10)13(17)11-12(14(18)19)15(11,3)4/h9-12H,5-8H2,1-4H3,(H,18,19)/t11-,12+/m1/s1. The molecule has 2 aliphatic rings. The molecule has 0 aromatic rings. The van der Waals surface area contributed by atoms with Crippen molar-refractivity contribution in [3.05, 3.63) is 0 Å². The van der Waals surface area contributed by atoms with E-state index < -0.39 is 11.9 Å². The molecule has 2 atom stereocenters. The average Bonchev–Trinajstić information content (AvgIpc) is 3.14. The SMILES string of the molecule is CC(C)CCN(C(=O)[C@H]1[C@@H](C(=O)O)C1(C)C)C1CC1. The van der Waals surface area contributed by atoms with E-state index in [0.717, 1.165) is 25.8 Å². The number of amides is 1. The molecule has 2 rings (SSSR count). The second-order valence-electron chi connectivity index (χ2n) is 7.06. The van der Waals surface area contributed by atoms with Gasteiger partial charge in [-0.05, 0) is 30.6 Å². The van der Waals surface area contributed by atoms with Crippen LogP contribution in [0.4, 0.5) is 0 Å². The van der Waals surface area contributed by atoms with Crippen LogP contribution in [0.2, 0.25) is 0 Å². The van der Waals surface area contributed by atoms with Crippen molar-refractivity contribution in [3.63, 3.8) is 0 Å². The fraction of sp³-hybridized carbons (Fsp3) is 0.867. The van der Waals surface area contributed by atoms with Crippen molar-refractivity contribution < 1.29 is 14.7 Å². The van der Waals surface area contributed by atoms with E-state index in [1.165, 1.54) is 0 Å². The quantitative estimate of drug-likeness (QED) is 0.804. The Bertz CT molecular complexity index is 385. The van der Waals surface area contributed by atoms with Gasteiger partial charge in [0.1, 0.15) is 0 Å². The predicted octanol–water partition coefficient (Wildman–Crippen LogP) is 2.38. The van der Waals surface area contributed by atoms with E-state index in [1.807, 2.05) is 18.7 Å². The van der Waals surface area contributed by atoms with Gasteiger partial charge >= 0.3 is 5.97 Å². The lowest BCUT2D eigenvalue weighted by Crippen LogP contribution is -2.37. The third-order valence-corrected chi connectivity index (χ3v) is 4.58. The van der Waals surface area contributed by atoms with E-state index in [4.69, 9.17) is 0 Å². The van der Waals surface area contributed by atoms with E-state index in [2.05, 4.69) is 13.8 Å². The molecule has 0 bridgehead atoms. The molecule has 4 heteroatoms. The predicted molar refractivity (Wildman–Crippen MR) is 72.6 cm³/mol. The van der Waals surface area contributed by atoms with E-state index in [-0.39, 0.29) is 17.2 Å². The lowest BCUT2D eigenvalue weighted by Gasteiger charge is -2.24. The maximum Gasteiger partial charge on any atom is 0.307 e. The number of carboxylic acids is 1. The van der Waals surface area contributed by atoms with Crippen molar-refractivity contribution in [2.24, 2.45) is 23.2 Å². The van der Waals surface area contributed by atoms with Crippen molar-refractivity contribution in [2.45, 2.75) is 53.0 Å². The smallest absolute Gasteiger partial charge is 0.307 e. The molecular formula is C15H25NO3. The first-order chi connectivity index (χ1) is 8.76. The minimum atomic E-state index is -0.831. The number of hydrogen-bond acceptors (Lipinski definition) is 2. The molecule has 1 amide bonds. The zero-order valence-corrected chi connectivity index (χ0v) is 12.3. The van der Waals surface area contributed by atoms with Crippen LogP contribution in [0, 0.1) is 23.2 Å². The number of carbonyl (C=O) groups is 2. The van der Waals surface area contributed by atoms with Gasteiger partial charge in [0.2, 0.25) is 5.91 Å². The molecule has 0 saturated heterocycles. The van der Waals surface area contributed by atoms with Crippen LogP contribution >= 0.6 is 0 Å². The maximum atomic E-state index is 12.6. The lowest BCUT2D eigenvalue weighted by molar-refractivity contribution is -0.142. The molecule has 0 unspecified atom stereocenters. The van der Waals surface area contributed by atoms with Crippen molar-refractivity contribution in [3.8, 4) is 0 Å². The minimum Gasteiger partial charge on any atom is -0.481 e. The van der Waals surface area contributed by atoms with E-state index in [1.54, 1.807) is 0 Å². The Morgan fingerprint density at radius 1 is 1.26 bits per heavy atom. The second kappa shape index (κ2) is 4.80. The molecule has 2 aliphatic carbocycles. The molecule has 0 aromatic heterocycles. The van der Waals surface area contributed by atoms with Gasteiger partial charge in [0.05, 0.1) is 11.8 Å². The fourth-order valence-corrected chi connectivity index (χ4v) is 2.99. The van der Waals surface area contributed by atoms with Crippen LogP contribution in [-0.2, 0) is 9.59 Å². The zero-order valence-electron chi connectivity index (χ0n) is 12.3. The lowest BCUT2D eigenvalue weighted by atomic mass is 10.1. The highest BCUT2D eigenvalue weighted by molar-refractivity contribution is 5.92. The summed E-state index contributed by atoms with van der Waals surface area (Å²) in [4.78, 5) is 25.7. The molecular weight excluding hydrogens is 242 g/mol. The Kier molecular flexibility index (Phi) is 3.63. The van der Waals surface area contributed by atoms with Crippen LogP contribution in [0.25, 0.3) is 0 Å². The molecule has 0 aliphatic heterocycles. The van der Waals surface area contributed by atoms with Crippen LogP contribution < -0.4 is 0 Å². The first kappa shape index (κ1) is 14.4. The van der Waals surface area contributed by atoms with Crippen molar-refractivity contribution >= 4 is 11.9 Å². The summed E-state index contributed by atoms with van der Waals surface area (Å²) in [6.07, 6.45) is 3.15. The highest BCUT2D eigenvalue weighted by atomic mass is 16.4. The van der Waals surface area contributed by atoms with Gasteiger partial charge in [0.15, 0.2) is 0 Å². The van der Waals surface area contributed by atoms with E-state index in [0.29, 0.717) is 12.0 Å². The van der Waals surface area contributed by atoms with Gasteiger partial charge in [-0.15, -0.1) is 0 Å². The zero-order chi connectivity index (χ0) is 14.4. The van der Waals surface area contributed by atoms with Gasteiger partial charge < -0.3 is 10.0 Å². The van der Waals surface area contributed by atoms with Gasteiger partial charge in [-0.1, -0.05) is 27.7 Å². The summed E-state index contributed by atoms with van der Waals surface area (Å²) in [5.41, 5.74) is -0.381. The van der Waals surface area contributed by atoms with Gasteiger partial charge in [0.25, 0.3) is 0 Å². The summed E-state index contributed by atoms with van der Waals surface area (Å²) in [6, 6.07) is 0.372. The van der Waals surface area contributed by atoms with Gasteiger partial charge in [-0.25, -0.2) is 0 Å². The molecule has 0 aromatic carbocycles. The summed E-state index contributed by atoms with van der Waals surface area (Å²) in [7, 11) is 0. The summed E-state index contributed by atoms with van der Waals surface area (Å²) >= 11 is 0. The largest absolute Gasteiger partial charge is 0.481 e. The van der Waals surface area contributed by atoms with Crippen LogP contribution in [0.15, 0.2) is 0 Å².